The highest BCUT2D eigenvalue weighted by Gasteiger charge is 2.35. The molecule has 0 saturated heterocycles. The SMILES string of the molecule is O=C(NC1C[C@H]2CC[C@@H](C1)C2)c1cc(C2CC2)on1. The van der Waals surface area contributed by atoms with Crippen LogP contribution in [0.4, 0.5) is 0 Å². The van der Waals surface area contributed by atoms with Crippen molar-refractivity contribution in [2.75, 3.05) is 0 Å². The van der Waals surface area contributed by atoms with E-state index in [4.69, 9.17) is 4.52 Å². The number of fused-ring (bicyclic) bond motifs is 2. The summed E-state index contributed by atoms with van der Waals surface area (Å²) in [5.41, 5.74) is 0.458. The molecule has 1 heterocycles. The van der Waals surface area contributed by atoms with Crippen LogP contribution in [-0.4, -0.2) is 17.1 Å². The summed E-state index contributed by atoms with van der Waals surface area (Å²) in [6, 6.07) is 2.17. The van der Waals surface area contributed by atoms with Gasteiger partial charge in [-0.3, -0.25) is 4.79 Å². The second-order valence-electron chi connectivity index (χ2n) is 6.58. The summed E-state index contributed by atoms with van der Waals surface area (Å²) >= 11 is 0. The van der Waals surface area contributed by atoms with Crippen molar-refractivity contribution in [2.45, 2.75) is 56.9 Å². The fourth-order valence-corrected chi connectivity index (χ4v) is 3.84. The molecule has 3 aliphatic rings. The van der Waals surface area contributed by atoms with Crippen LogP contribution >= 0.6 is 0 Å². The molecule has 1 aromatic heterocycles. The van der Waals surface area contributed by atoms with E-state index in [1.165, 1.54) is 32.1 Å². The molecule has 1 unspecified atom stereocenters. The Labute approximate surface area is 112 Å². The van der Waals surface area contributed by atoms with Crippen LogP contribution in [0.25, 0.3) is 0 Å². The van der Waals surface area contributed by atoms with Crippen LogP contribution in [0, 0.1) is 11.8 Å². The summed E-state index contributed by atoms with van der Waals surface area (Å²) in [6.45, 7) is 0. The van der Waals surface area contributed by atoms with Gasteiger partial charge in [0.1, 0.15) is 5.76 Å². The number of hydrogen-bond acceptors (Lipinski definition) is 3. The summed E-state index contributed by atoms with van der Waals surface area (Å²) in [7, 11) is 0. The first-order valence-electron chi connectivity index (χ1n) is 7.55. The first-order chi connectivity index (χ1) is 9.28. The summed E-state index contributed by atoms with van der Waals surface area (Å²) in [5.74, 6) is 3.02. The molecular formula is C15H20N2O2. The van der Waals surface area contributed by atoms with Crippen molar-refractivity contribution in [3.8, 4) is 0 Å². The Morgan fingerprint density at radius 1 is 1.16 bits per heavy atom. The minimum atomic E-state index is -0.0537. The molecule has 0 radical (unpaired) electrons. The maximum absolute atomic E-state index is 12.2. The van der Waals surface area contributed by atoms with Crippen LogP contribution in [0.5, 0.6) is 0 Å². The topological polar surface area (TPSA) is 55.1 Å². The van der Waals surface area contributed by atoms with Crippen LogP contribution in [0.1, 0.15) is 67.1 Å². The largest absolute Gasteiger partial charge is 0.360 e. The van der Waals surface area contributed by atoms with Crippen molar-refractivity contribution in [1.82, 2.24) is 10.5 Å². The Hall–Kier alpha value is -1.32. The van der Waals surface area contributed by atoms with Gasteiger partial charge in [0, 0.05) is 18.0 Å². The Morgan fingerprint density at radius 3 is 2.58 bits per heavy atom. The molecule has 2 bridgehead atoms. The fourth-order valence-electron chi connectivity index (χ4n) is 3.84. The van der Waals surface area contributed by atoms with E-state index < -0.39 is 0 Å². The highest BCUT2D eigenvalue weighted by Crippen LogP contribution is 2.42. The van der Waals surface area contributed by atoms with Crippen LogP contribution in [0.3, 0.4) is 0 Å². The summed E-state index contributed by atoms with van der Waals surface area (Å²) < 4.78 is 5.24. The van der Waals surface area contributed by atoms with E-state index in [0.717, 1.165) is 30.4 Å². The van der Waals surface area contributed by atoms with Gasteiger partial charge >= 0.3 is 0 Å². The molecule has 1 amide bonds. The molecule has 1 aromatic rings. The van der Waals surface area contributed by atoms with E-state index in [0.29, 0.717) is 17.7 Å². The molecule has 102 valence electrons. The average Bonchev–Trinajstić information content (AvgIpc) is 3.03. The molecule has 0 spiro atoms. The third-order valence-electron chi connectivity index (χ3n) is 4.96. The third kappa shape index (κ3) is 2.28. The van der Waals surface area contributed by atoms with Gasteiger partial charge in [0.05, 0.1) is 0 Å². The molecule has 3 fully saturated rings. The van der Waals surface area contributed by atoms with Crippen LogP contribution < -0.4 is 5.32 Å². The predicted molar refractivity (Wildman–Crippen MR) is 69.8 cm³/mol. The first-order valence-corrected chi connectivity index (χ1v) is 7.55. The normalized spacial score (nSPS) is 33.4. The Balaban J connectivity index is 1.40. The molecule has 0 aliphatic heterocycles. The minimum absolute atomic E-state index is 0.0537. The number of nitrogens with zero attached hydrogens (tertiary/aromatic N) is 1. The summed E-state index contributed by atoms with van der Waals surface area (Å²) in [6.07, 6.45) is 8.72. The van der Waals surface area contributed by atoms with E-state index in [1.807, 2.05) is 6.07 Å². The lowest BCUT2D eigenvalue weighted by atomic mass is 9.85. The molecule has 4 nitrogen and oxygen atoms in total. The van der Waals surface area contributed by atoms with E-state index in [1.54, 1.807) is 0 Å². The Kier molecular flexibility index (Phi) is 2.64. The average molecular weight is 260 g/mol. The summed E-state index contributed by atoms with van der Waals surface area (Å²) in [5, 5.41) is 7.06. The van der Waals surface area contributed by atoms with E-state index in [9.17, 15) is 4.79 Å². The molecule has 3 saturated carbocycles. The van der Waals surface area contributed by atoms with Crippen LogP contribution in [-0.2, 0) is 0 Å². The van der Waals surface area contributed by atoms with Crippen LogP contribution in [0.15, 0.2) is 10.6 Å². The van der Waals surface area contributed by atoms with Gasteiger partial charge in [0.2, 0.25) is 0 Å². The maximum atomic E-state index is 12.2. The molecule has 3 atom stereocenters. The molecule has 1 N–H and O–H groups in total. The van der Waals surface area contributed by atoms with Gasteiger partial charge in [0.15, 0.2) is 5.69 Å². The lowest BCUT2D eigenvalue weighted by Crippen LogP contribution is -2.39. The zero-order valence-electron chi connectivity index (χ0n) is 11.1. The number of carbonyl (C=O) groups excluding carboxylic acids is 1. The molecular weight excluding hydrogens is 240 g/mol. The third-order valence-corrected chi connectivity index (χ3v) is 4.96. The zero-order chi connectivity index (χ0) is 12.8. The Bertz CT molecular complexity index is 480. The maximum Gasteiger partial charge on any atom is 0.273 e. The van der Waals surface area contributed by atoms with Gasteiger partial charge in [-0.1, -0.05) is 18.0 Å². The molecule has 4 heteroatoms. The van der Waals surface area contributed by atoms with Gasteiger partial charge in [-0.05, 0) is 43.9 Å². The van der Waals surface area contributed by atoms with Gasteiger partial charge in [-0.2, -0.15) is 0 Å². The molecule has 3 aliphatic carbocycles. The Morgan fingerprint density at radius 2 is 1.89 bits per heavy atom. The van der Waals surface area contributed by atoms with E-state index in [-0.39, 0.29) is 5.91 Å². The minimum Gasteiger partial charge on any atom is -0.360 e. The van der Waals surface area contributed by atoms with Crippen molar-refractivity contribution in [3.05, 3.63) is 17.5 Å². The lowest BCUT2D eigenvalue weighted by molar-refractivity contribution is 0.0908. The van der Waals surface area contributed by atoms with E-state index in [2.05, 4.69) is 10.5 Å². The second-order valence-corrected chi connectivity index (χ2v) is 6.58. The van der Waals surface area contributed by atoms with Crippen molar-refractivity contribution < 1.29 is 9.32 Å². The number of carbonyl (C=O) groups is 1. The standard InChI is InChI=1S/C15H20N2O2/c18-15(13-8-14(19-17-13)11-3-4-11)16-12-6-9-1-2-10(5-9)7-12/h8-12H,1-7H2,(H,16,18)/t9-,10+,12?. The smallest absolute Gasteiger partial charge is 0.273 e. The highest BCUT2D eigenvalue weighted by molar-refractivity contribution is 5.92. The zero-order valence-corrected chi connectivity index (χ0v) is 11.1. The van der Waals surface area contributed by atoms with Gasteiger partial charge in [0.25, 0.3) is 5.91 Å². The number of aromatic nitrogens is 1. The highest BCUT2D eigenvalue weighted by atomic mass is 16.5. The number of nitrogens with one attached hydrogen (secondary N) is 1. The van der Waals surface area contributed by atoms with Gasteiger partial charge < -0.3 is 9.84 Å². The second kappa shape index (κ2) is 4.36. The summed E-state index contributed by atoms with van der Waals surface area (Å²) in [4.78, 5) is 12.2. The quantitative estimate of drug-likeness (QED) is 0.909. The predicted octanol–water partition coefficient (Wildman–Crippen LogP) is 2.86. The first kappa shape index (κ1) is 11.5. The van der Waals surface area contributed by atoms with Gasteiger partial charge in [-0.15, -0.1) is 0 Å². The van der Waals surface area contributed by atoms with Crippen LogP contribution in [0.2, 0.25) is 0 Å². The molecule has 0 aromatic carbocycles. The lowest BCUT2D eigenvalue weighted by Gasteiger charge is -2.28. The van der Waals surface area contributed by atoms with Gasteiger partial charge in [-0.25, -0.2) is 0 Å². The van der Waals surface area contributed by atoms with Crippen molar-refractivity contribution >= 4 is 5.91 Å². The van der Waals surface area contributed by atoms with Crippen molar-refractivity contribution in [1.29, 1.82) is 0 Å². The van der Waals surface area contributed by atoms with Crippen molar-refractivity contribution in [3.63, 3.8) is 0 Å². The molecule has 4 rings (SSSR count). The van der Waals surface area contributed by atoms with E-state index >= 15 is 0 Å². The monoisotopic (exact) mass is 260 g/mol. The molecule has 19 heavy (non-hydrogen) atoms. The van der Waals surface area contributed by atoms with Crippen molar-refractivity contribution in [2.24, 2.45) is 11.8 Å². The fraction of sp³-hybridized carbons (Fsp3) is 0.733. The number of rotatable bonds is 3. The number of hydrogen-bond donors (Lipinski definition) is 1. The number of amides is 1.